The average Bonchev–Trinajstić information content (AvgIpc) is 2.40. The molecule has 2 rings (SSSR count). The summed E-state index contributed by atoms with van der Waals surface area (Å²) >= 11 is 0. The van der Waals surface area contributed by atoms with Crippen LogP contribution in [0.3, 0.4) is 0 Å². The van der Waals surface area contributed by atoms with Gasteiger partial charge in [0.1, 0.15) is 5.75 Å². The highest BCUT2D eigenvalue weighted by atomic mass is 16.6. The van der Waals surface area contributed by atoms with Crippen molar-refractivity contribution in [1.29, 1.82) is 0 Å². The quantitative estimate of drug-likeness (QED) is 0.849. The van der Waals surface area contributed by atoms with Gasteiger partial charge in [-0.1, -0.05) is 18.2 Å². The number of nitrogens with zero attached hydrogens (tertiary/aromatic N) is 1. The SMILES string of the molecule is NCC1CCCN(C(=O)Oc2ccccc2)C1. The molecule has 0 bridgehead atoms. The lowest BCUT2D eigenvalue weighted by atomic mass is 9.99. The maximum absolute atomic E-state index is 11.9. The first-order valence-corrected chi connectivity index (χ1v) is 6.01. The Bertz CT molecular complexity index is 367. The normalized spacial score (nSPS) is 20.1. The Labute approximate surface area is 101 Å². The molecule has 2 N–H and O–H groups in total. The van der Waals surface area contributed by atoms with Crippen molar-refractivity contribution in [1.82, 2.24) is 4.90 Å². The van der Waals surface area contributed by atoms with Crippen LogP contribution in [0.2, 0.25) is 0 Å². The Balaban J connectivity index is 1.91. The van der Waals surface area contributed by atoms with Crippen LogP contribution < -0.4 is 10.5 Å². The molecule has 4 heteroatoms. The summed E-state index contributed by atoms with van der Waals surface area (Å²) in [6.45, 7) is 2.11. The van der Waals surface area contributed by atoms with Crippen molar-refractivity contribution >= 4 is 6.09 Å². The van der Waals surface area contributed by atoms with Gasteiger partial charge in [-0.05, 0) is 37.4 Å². The number of carbonyl (C=O) groups is 1. The van der Waals surface area contributed by atoms with Crippen molar-refractivity contribution in [3.05, 3.63) is 30.3 Å². The molecule has 1 saturated heterocycles. The van der Waals surface area contributed by atoms with Crippen LogP contribution in [0.25, 0.3) is 0 Å². The van der Waals surface area contributed by atoms with E-state index in [1.54, 1.807) is 17.0 Å². The van der Waals surface area contributed by atoms with Crippen molar-refractivity contribution < 1.29 is 9.53 Å². The molecular weight excluding hydrogens is 216 g/mol. The van der Waals surface area contributed by atoms with Crippen LogP contribution in [-0.4, -0.2) is 30.6 Å². The van der Waals surface area contributed by atoms with E-state index in [9.17, 15) is 4.79 Å². The number of carbonyl (C=O) groups excluding carboxylic acids is 1. The molecule has 1 aliphatic heterocycles. The summed E-state index contributed by atoms with van der Waals surface area (Å²) < 4.78 is 5.29. The minimum absolute atomic E-state index is 0.269. The summed E-state index contributed by atoms with van der Waals surface area (Å²) in [5.74, 6) is 0.999. The summed E-state index contributed by atoms with van der Waals surface area (Å²) in [5.41, 5.74) is 5.64. The van der Waals surface area contributed by atoms with Gasteiger partial charge in [-0.25, -0.2) is 4.79 Å². The molecular formula is C13H18N2O2. The predicted molar refractivity (Wildman–Crippen MR) is 65.8 cm³/mol. The van der Waals surface area contributed by atoms with Crippen LogP contribution in [-0.2, 0) is 0 Å². The van der Waals surface area contributed by atoms with Crippen molar-refractivity contribution in [3.63, 3.8) is 0 Å². The molecule has 1 amide bonds. The number of nitrogens with two attached hydrogens (primary N) is 1. The lowest BCUT2D eigenvalue weighted by Gasteiger charge is -2.31. The molecule has 0 saturated carbocycles. The number of rotatable bonds is 2. The van der Waals surface area contributed by atoms with Gasteiger partial charge in [0.25, 0.3) is 0 Å². The van der Waals surface area contributed by atoms with E-state index >= 15 is 0 Å². The molecule has 0 aromatic heterocycles. The number of likely N-dealkylation sites (tertiary alicyclic amines) is 1. The highest BCUT2D eigenvalue weighted by molar-refractivity contribution is 5.70. The first kappa shape index (κ1) is 11.9. The highest BCUT2D eigenvalue weighted by Crippen LogP contribution is 2.17. The van der Waals surface area contributed by atoms with Crippen LogP contribution in [0.5, 0.6) is 5.75 Å². The van der Waals surface area contributed by atoms with Crippen LogP contribution in [0.4, 0.5) is 4.79 Å². The molecule has 1 fully saturated rings. The number of hydrogen-bond donors (Lipinski definition) is 1. The molecule has 1 aromatic carbocycles. The van der Waals surface area contributed by atoms with E-state index in [0.29, 0.717) is 24.8 Å². The second-order valence-electron chi connectivity index (χ2n) is 4.37. The van der Waals surface area contributed by atoms with E-state index in [4.69, 9.17) is 10.5 Å². The zero-order valence-electron chi connectivity index (χ0n) is 9.84. The predicted octanol–water partition coefficient (Wildman–Crippen LogP) is 1.86. The van der Waals surface area contributed by atoms with E-state index < -0.39 is 0 Å². The molecule has 1 aromatic rings. The summed E-state index contributed by atoms with van der Waals surface area (Å²) in [7, 11) is 0. The van der Waals surface area contributed by atoms with Crippen LogP contribution in [0.15, 0.2) is 30.3 Å². The second kappa shape index (κ2) is 5.68. The molecule has 0 aliphatic carbocycles. The largest absolute Gasteiger partial charge is 0.415 e. The molecule has 92 valence electrons. The number of hydrogen-bond acceptors (Lipinski definition) is 3. The summed E-state index contributed by atoms with van der Waals surface area (Å²) in [6, 6.07) is 9.15. The zero-order chi connectivity index (χ0) is 12.1. The molecule has 17 heavy (non-hydrogen) atoms. The van der Waals surface area contributed by atoms with Gasteiger partial charge in [0.2, 0.25) is 0 Å². The van der Waals surface area contributed by atoms with Crippen molar-refractivity contribution in [2.45, 2.75) is 12.8 Å². The Morgan fingerprint density at radius 2 is 2.18 bits per heavy atom. The fraction of sp³-hybridized carbons (Fsp3) is 0.462. The highest BCUT2D eigenvalue weighted by Gasteiger charge is 2.23. The number of para-hydroxylation sites is 1. The average molecular weight is 234 g/mol. The molecule has 4 nitrogen and oxygen atoms in total. The van der Waals surface area contributed by atoms with Gasteiger partial charge in [0, 0.05) is 13.1 Å². The maximum atomic E-state index is 11.9. The third kappa shape index (κ3) is 3.20. The lowest BCUT2D eigenvalue weighted by Crippen LogP contribution is -2.43. The minimum atomic E-state index is -0.269. The Morgan fingerprint density at radius 1 is 1.41 bits per heavy atom. The number of benzene rings is 1. The molecule has 1 aliphatic rings. The summed E-state index contributed by atoms with van der Waals surface area (Å²) in [5, 5.41) is 0. The van der Waals surface area contributed by atoms with E-state index in [2.05, 4.69) is 0 Å². The maximum Gasteiger partial charge on any atom is 0.415 e. The van der Waals surface area contributed by atoms with Gasteiger partial charge in [-0.3, -0.25) is 0 Å². The van der Waals surface area contributed by atoms with E-state index in [1.807, 2.05) is 18.2 Å². The molecule has 0 spiro atoms. The zero-order valence-corrected chi connectivity index (χ0v) is 9.84. The molecule has 0 radical (unpaired) electrons. The van der Waals surface area contributed by atoms with Gasteiger partial charge in [0.05, 0.1) is 0 Å². The standard InChI is InChI=1S/C13H18N2O2/c14-9-11-5-4-8-15(10-11)13(16)17-12-6-2-1-3-7-12/h1-3,6-7,11H,4-5,8-10,14H2. The third-order valence-electron chi connectivity index (χ3n) is 3.06. The number of amides is 1. The number of ether oxygens (including phenoxy) is 1. The van der Waals surface area contributed by atoms with Gasteiger partial charge in [-0.2, -0.15) is 0 Å². The smallest absolute Gasteiger partial charge is 0.410 e. The second-order valence-corrected chi connectivity index (χ2v) is 4.37. The topological polar surface area (TPSA) is 55.6 Å². The molecule has 1 heterocycles. The lowest BCUT2D eigenvalue weighted by molar-refractivity contribution is 0.128. The fourth-order valence-corrected chi connectivity index (χ4v) is 2.08. The van der Waals surface area contributed by atoms with Crippen molar-refractivity contribution in [2.75, 3.05) is 19.6 Å². The van der Waals surface area contributed by atoms with Crippen LogP contribution in [0.1, 0.15) is 12.8 Å². The Hall–Kier alpha value is -1.55. The van der Waals surface area contributed by atoms with Gasteiger partial charge >= 0.3 is 6.09 Å². The Kier molecular flexibility index (Phi) is 3.98. The Morgan fingerprint density at radius 3 is 2.88 bits per heavy atom. The summed E-state index contributed by atoms with van der Waals surface area (Å²) in [6.07, 6.45) is 1.84. The monoisotopic (exact) mass is 234 g/mol. The van der Waals surface area contributed by atoms with Gasteiger partial charge in [-0.15, -0.1) is 0 Å². The van der Waals surface area contributed by atoms with Crippen LogP contribution >= 0.6 is 0 Å². The molecule has 1 atom stereocenters. The van der Waals surface area contributed by atoms with Crippen molar-refractivity contribution in [2.24, 2.45) is 11.7 Å². The molecule has 1 unspecified atom stereocenters. The van der Waals surface area contributed by atoms with E-state index in [-0.39, 0.29) is 6.09 Å². The third-order valence-corrected chi connectivity index (χ3v) is 3.06. The van der Waals surface area contributed by atoms with E-state index in [0.717, 1.165) is 19.4 Å². The van der Waals surface area contributed by atoms with Crippen LogP contribution in [0, 0.1) is 5.92 Å². The summed E-state index contributed by atoms with van der Waals surface area (Å²) in [4.78, 5) is 13.6. The van der Waals surface area contributed by atoms with E-state index in [1.165, 1.54) is 0 Å². The van der Waals surface area contributed by atoms with Gasteiger partial charge in [0.15, 0.2) is 0 Å². The first-order chi connectivity index (χ1) is 8.29. The minimum Gasteiger partial charge on any atom is -0.410 e. The fourth-order valence-electron chi connectivity index (χ4n) is 2.08. The van der Waals surface area contributed by atoms with Gasteiger partial charge < -0.3 is 15.4 Å². The number of piperidine rings is 1. The van der Waals surface area contributed by atoms with Crippen molar-refractivity contribution in [3.8, 4) is 5.75 Å². The first-order valence-electron chi connectivity index (χ1n) is 6.01.